The molecule has 1 saturated heterocycles. The van der Waals surface area contributed by atoms with Gasteiger partial charge >= 0.3 is 6.61 Å². The molecule has 3 heterocycles. The van der Waals surface area contributed by atoms with Gasteiger partial charge in [0.15, 0.2) is 0 Å². The number of H-pyrrole nitrogens is 1. The van der Waals surface area contributed by atoms with E-state index in [1.807, 2.05) is 0 Å². The summed E-state index contributed by atoms with van der Waals surface area (Å²) in [7, 11) is 0. The molecule has 1 aliphatic rings. The molecule has 34 heavy (non-hydrogen) atoms. The van der Waals surface area contributed by atoms with Crippen molar-refractivity contribution in [3.63, 3.8) is 0 Å². The van der Waals surface area contributed by atoms with Gasteiger partial charge in [0.1, 0.15) is 17.6 Å². The summed E-state index contributed by atoms with van der Waals surface area (Å²) in [4.78, 5) is 19.4. The molecule has 11 heteroatoms. The molecule has 5 rings (SSSR count). The first-order valence-corrected chi connectivity index (χ1v) is 10.5. The highest BCUT2D eigenvalue weighted by molar-refractivity contribution is 6.01. The van der Waals surface area contributed by atoms with Crippen LogP contribution in [0, 0.1) is 5.82 Å². The quantitative estimate of drug-likeness (QED) is 0.434. The summed E-state index contributed by atoms with van der Waals surface area (Å²) >= 11 is 0. The van der Waals surface area contributed by atoms with Crippen LogP contribution in [0.2, 0.25) is 0 Å². The van der Waals surface area contributed by atoms with E-state index in [1.54, 1.807) is 29.2 Å². The second-order valence-electron chi connectivity index (χ2n) is 7.62. The van der Waals surface area contributed by atoms with Gasteiger partial charge < -0.3 is 14.2 Å². The number of aromatic nitrogens is 4. The molecule has 174 valence electrons. The second kappa shape index (κ2) is 9.00. The van der Waals surface area contributed by atoms with Gasteiger partial charge in [-0.05, 0) is 43.2 Å². The van der Waals surface area contributed by atoms with Crippen molar-refractivity contribution < 1.29 is 27.2 Å². The number of ether oxygens (including phenoxy) is 1. The number of hydrogen-bond donors (Lipinski definition) is 1. The lowest BCUT2D eigenvalue weighted by Gasteiger charge is -2.23. The van der Waals surface area contributed by atoms with Gasteiger partial charge in [0.25, 0.3) is 5.91 Å². The fourth-order valence-electron chi connectivity index (χ4n) is 4.12. The average Bonchev–Trinajstić information content (AvgIpc) is 3.60. The predicted octanol–water partition coefficient (Wildman–Crippen LogP) is 4.84. The molecule has 0 radical (unpaired) electrons. The molecule has 0 bridgehead atoms. The maximum atomic E-state index is 14.7. The van der Waals surface area contributed by atoms with Crippen molar-refractivity contribution in [2.75, 3.05) is 6.54 Å². The SMILES string of the molecule is O=C(c1cccc(F)c1-c1ccn[nH]1)N1CCCC1c1nc(-c2ccccc2OC(F)F)no1. The third kappa shape index (κ3) is 4.00. The smallest absolute Gasteiger partial charge is 0.387 e. The highest BCUT2D eigenvalue weighted by Crippen LogP contribution is 2.36. The Morgan fingerprint density at radius 2 is 2.03 bits per heavy atom. The number of para-hydroxylation sites is 1. The highest BCUT2D eigenvalue weighted by Gasteiger charge is 2.36. The van der Waals surface area contributed by atoms with E-state index in [-0.39, 0.29) is 34.2 Å². The molecule has 1 aliphatic heterocycles. The summed E-state index contributed by atoms with van der Waals surface area (Å²) in [6.45, 7) is -2.60. The van der Waals surface area contributed by atoms with Gasteiger partial charge in [-0.3, -0.25) is 9.89 Å². The predicted molar refractivity (Wildman–Crippen MR) is 113 cm³/mol. The number of aromatic amines is 1. The summed E-state index contributed by atoms with van der Waals surface area (Å²) in [6.07, 6.45) is 2.70. The topological polar surface area (TPSA) is 97.1 Å². The standard InChI is InChI=1S/C23H18F3N5O3/c24-15-7-3-6-14(19(15)16-10-11-27-29-16)22(32)31-12-4-8-17(31)21-28-20(30-34-21)13-5-1-2-9-18(13)33-23(25)26/h1-3,5-7,9-11,17,23H,4,8,12H2,(H,27,29). The van der Waals surface area contributed by atoms with Crippen LogP contribution in [-0.2, 0) is 0 Å². The third-order valence-corrected chi connectivity index (χ3v) is 5.60. The van der Waals surface area contributed by atoms with Crippen LogP contribution in [0.1, 0.15) is 35.1 Å². The summed E-state index contributed by atoms with van der Waals surface area (Å²) in [6, 6.07) is 11.4. The number of likely N-dealkylation sites (tertiary alicyclic amines) is 1. The van der Waals surface area contributed by atoms with E-state index < -0.39 is 24.4 Å². The van der Waals surface area contributed by atoms with E-state index in [9.17, 15) is 18.0 Å². The van der Waals surface area contributed by atoms with Crippen LogP contribution in [0.25, 0.3) is 22.6 Å². The summed E-state index contributed by atoms with van der Waals surface area (Å²) in [5, 5.41) is 10.5. The molecule has 1 amide bonds. The van der Waals surface area contributed by atoms with Gasteiger partial charge in [0.05, 0.1) is 16.8 Å². The van der Waals surface area contributed by atoms with Gasteiger partial charge in [-0.1, -0.05) is 23.4 Å². The Balaban J connectivity index is 1.46. The number of hydrogen-bond acceptors (Lipinski definition) is 6. The minimum atomic E-state index is -3.01. The number of carbonyl (C=O) groups is 1. The molecule has 2 aromatic heterocycles. The minimum Gasteiger partial charge on any atom is -0.434 e. The van der Waals surface area contributed by atoms with Crippen LogP contribution in [0.4, 0.5) is 13.2 Å². The largest absolute Gasteiger partial charge is 0.434 e. The molecule has 0 spiro atoms. The van der Waals surface area contributed by atoms with Crippen molar-refractivity contribution in [3.8, 4) is 28.4 Å². The van der Waals surface area contributed by atoms with Crippen LogP contribution in [-0.4, -0.2) is 44.3 Å². The molecular weight excluding hydrogens is 451 g/mol. The van der Waals surface area contributed by atoms with Crippen molar-refractivity contribution in [2.45, 2.75) is 25.5 Å². The third-order valence-electron chi connectivity index (χ3n) is 5.60. The van der Waals surface area contributed by atoms with E-state index in [0.29, 0.717) is 25.1 Å². The molecular formula is C23H18F3N5O3. The van der Waals surface area contributed by atoms with E-state index in [1.165, 1.54) is 30.5 Å². The van der Waals surface area contributed by atoms with E-state index in [0.717, 1.165) is 0 Å². The fourth-order valence-corrected chi connectivity index (χ4v) is 4.12. The Morgan fingerprint density at radius 3 is 2.82 bits per heavy atom. The Labute approximate surface area is 191 Å². The molecule has 8 nitrogen and oxygen atoms in total. The number of carbonyl (C=O) groups excluding carboxylic acids is 1. The number of amides is 1. The molecule has 4 aromatic rings. The Kier molecular flexibility index (Phi) is 5.74. The molecule has 1 fully saturated rings. The molecule has 1 N–H and O–H groups in total. The van der Waals surface area contributed by atoms with Crippen LogP contribution < -0.4 is 4.74 Å². The van der Waals surface area contributed by atoms with Gasteiger partial charge in [-0.25, -0.2) is 4.39 Å². The molecule has 0 aliphatic carbocycles. The lowest BCUT2D eigenvalue weighted by molar-refractivity contribution is -0.0494. The first-order valence-electron chi connectivity index (χ1n) is 10.5. The molecule has 0 saturated carbocycles. The van der Waals surface area contributed by atoms with Gasteiger partial charge in [-0.15, -0.1) is 0 Å². The Morgan fingerprint density at radius 1 is 1.18 bits per heavy atom. The fraction of sp³-hybridized carbons (Fsp3) is 0.217. The summed E-state index contributed by atoms with van der Waals surface area (Å²) in [5.41, 5.74) is 0.916. The lowest BCUT2D eigenvalue weighted by atomic mass is 10.0. The van der Waals surface area contributed by atoms with Crippen molar-refractivity contribution in [3.05, 3.63) is 72.0 Å². The number of rotatable bonds is 6. The maximum Gasteiger partial charge on any atom is 0.387 e. The number of halogens is 3. The van der Waals surface area contributed by atoms with Crippen molar-refractivity contribution >= 4 is 5.91 Å². The van der Waals surface area contributed by atoms with E-state index >= 15 is 0 Å². The zero-order chi connectivity index (χ0) is 23.7. The van der Waals surface area contributed by atoms with Crippen LogP contribution in [0.3, 0.4) is 0 Å². The van der Waals surface area contributed by atoms with Crippen LogP contribution in [0.5, 0.6) is 5.75 Å². The molecule has 2 aromatic carbocycles. The van der Waals surface area contributed by atoms with Crippen LogP contribution >= 0.6 is 0 Å². The summed E-state index contributed by atoms with van der Waals surface area (Å²) in [5.74, 6) is -0.816. The first-order chi connectivity index (χ1) is 16.5. The van der Waals surface area contributed by atoms with E-state index in [2.05, 4.69) is 25.1 Å². The first kappa shape index (κ1) is 21.7. The van der Waals surface area contributed by atoms with Gasteiger partial charge in [0.2, 0.25) is 11.7 Å². The van der Waals surface area contributed by atoms with Crippen LogP contribution in [0.15, 0.2) is 59.3 Å². The van der Waals surface area contributed by atoms with Crippen molar-refractivity contribution in [1.82, 2.24) is 25.2 Å². The Hall–Kier alpha value is -4.15. The van der Waals surface area contributed by atoms with Crippen molar-refractivity contribution in [1.29, 1.82) is 0 Å². The average molecular weight is 469 g/mol. The zero-order valence-electron chi connectivity index (χ0n) is 17.6. The monoisotopic (exact) mass is 469 g/mol. The lowest BCUT2D eigenvalue weighted by Crippen LogP contribution is -2.31. The number of nitrogens with zero attached hydrogens (tertiary/aromatic N) is 4. The molecule has 1 unspecified atom stereocenters. The highest BCUT2D eigenvalue weighted by atomic mass is 19.3. The Bertz CT molecular complexity index is 1310. The van der Waals surface area contributed by atoms with Gasteiger partial charge in [0, 0.05) is 18.3 Å². The second-order valence-corrected chi connectivity index (χ2v) is 7.62. The minimum absolute atomic E-state index is 0.0643. The number of nitrogens with one attached hydrogen (secondary N) is 1. The zero-order valence-corrected chi connectivity index (χ0v) is 17.6. The van der Waals surface area contributed by atoms with E-state index in [4.69, 9.17) is 4.52 Å². The summed E-state index contributed by atoms with van der Waals surface area (Å²) < 4.78 is 50.2. The number of alkyl halides is 2. The number of benzene rings is 2. The maximum absolute atomic E-state index is 14.7. The van der Waals surface area contributed by atoms with Crippen molar-refractivity contribution in [2.24, 2.45) is 0 Å². The van der Waals surface area contributed by atoms with Gasteiger partial charge in [-0.2, -0.15) is 18.9 Å². The normalized spacial score (nSPS) is 15.8. The molecule has 1 atom stereocenters.